The SMILES string of the molecule is CC1CCN(C(=O)[C@@H]2CCCN(S(=O)(=O)c3ccc4nc(-c5ccccc5)[nH]c4c3)C2)CC1. The predicted octanol–water partition coefficient (Wildman–Crippen LogP) is 3.89. The highest BCUT2D eigenvalue weighted by Gasteiger charge is 2.36. The van der Waals surface area contributed by atoms with Crippen molar-refractivity contribution >= 4 is 27.0 Å². The molecule has 0 radical (unpaired) electrons. The van der Waals surface area contributed by atoms with Crippen molar-refractivity contribution in [1.82, 2.24) is 19.2 Å². The second-order valence-electron chi connectivity index (χ2n) is 9.34. The van der Waals surface area contributed by atoms with Crippen molar-refractivity contribution in [1.29, 1.82) is 0 Å². The Hall–Kier alpha value is -2.71. The molecule has 1 aromatic heterocycles. The highest BCUT2D eigenvalue weighted by molar-refractivity contribution is 7.89. The lowest BCUT2D eigenvalue weighted by atomic mass is 9.94. The fraction of sp³-hybridized carbons (Fsp3) is 0.440. The number of nitrogens with one attached hydrogen (secondary N) is 1. The number of fused-ring (bicyclic) bond motifs is 1. The lowest BCUT2D eigenvalue weighted by Gasteiger charge is -2.36. The van der Waals surface area contributed by atoms with Crippen LogP contribution in [-0.2, 0) is 14.8 Å². The number of likely N-dealkylation sites (tertiary alicyclic amines) is 1. The summed E-state index contributed by atoms with van der Waals surface area (Å²) in [6.45, 7) is 4.48. The summed E-state index contributed by atoms with van der Waals surface area (Å²) < 4.78 is 28.4. The number of aromatic amines is 1. The van der Waals surface area contributed by atoms with Gasteiger partial charge in [0.05, 0.1) is 21.8 Å². The van der Waals surface area contributed by atoms with Crippen molar-refractivity contribution in [3.8, 4) is 11.4 Å². The number of benzene rings is 2. The van der Waals surface area contributed by atoms with E-state index in [9.17, 15) is 13.2 Å². The molecule has 1 amide bonds. The van der Waals surface area contributed by atoms with Gasteiger partial charge in [-0.25, -0.2) is 13.4 Å². The number of H-pyrrole nitrogens is 1. The molecule has 1 atom stereocenters. The van der Waals surface area contributed by atoms with E-state index in [1.807, 2.05) is 35.2 Å². The normalized spacial score (nSPS) is 20.9. The molecule has 33 heavy (non-hydrogen) atoms. The summed E-state index contributed by atoms with van der Waals surface area (Å²) in [4.78, 5) is 23.1. The number of carbonyl (C=O) groups excluding carboxylic acids is 1. The predicted molar refractivity (Wildman–Crippen MR) is 128 cm³/mol. The second-order valence-corrected chi connectivity index (χ2v) is 11.3. The molecule has 0 spiro atoms. The van der Waals surface area contributed by atoms with Gasteiger partial charge in [0.25, 0.3) is 0 Å². The topological polar surface area (TPSA) is 86.4 Å². The summed E-state index contributed by atoms with van der Waals surface area (Å²) in [6, 6.07) is 14.8. The Morgan fingerprint density at radius 3 is 2.55 bits per heavy atom. The standard InChI is InChI=1S/C25H30N4O3S/c1-18-11-14-28(15-12-18)25(30)20-8-5-13-29(17-20)33(31,32)21-9-10-22-23(16-21)27-24(26-22)19-6-3-2-4-7-19/h2-4,6-7,9-10,16,18,20H,5,8,11-15,17H2,1H3,(H,26,27)/t20-/m1/s1. The molecule has 2 aliphatic heterocycles. The third-order valence-corrected chi connectivity index (χ3v) is 8.83. The van der Waals surface area contributed by atoms with Gasteiger partial charge in [-0.05, 0) is 49.8 Å². The zero-order valence-electron chi connectivity index (χ0n) is 18.9. The molecule has 2 aliphatic rings. The van der Waals surface area contributed by atoms with Crippen LogP contribution < -0.4 is 0 Å². The van der Waals surface area contributed by atoms with E-state index in [-0.39, 0.29) is 23.3 Å². The minimum atomic E-state index is -3.70. The van der Waals surface area contributed by atoms with Crippen molar-refractivity contribution in [2.24, 2.45) is 11.8 Å². The number of nitrogens with zero attached hydrogens (tertiary/aromatic N) is 3. The van der Waals surface area contributed by atoms with E-state index in [0.717, 1.165) is 43.4 Å². The molecular formula is C25H30N4O3S. The molecule has 3 aromatic rings. The fourth-order valence-electron chi connectivity index (χ4n) is 4.88. The van der Waals surface area contributed by atoms with E-state index < -0.39 is 10.0 Å². The second kappa shape index (κ2) is 8.91. The van der Waals surface area contributed by atoms with Crippen LogP contribution in [0.15, 0.2) is 53.4 Å². The molecule has 0 unspecified atom stereocenters. The van der Waals surface area contributed by atoms with Crippen molar-refractivity contribution in [2.45, 2.75) is 37.5 Å². The van der Waals surface area contributed by atoms with Gasteiger partial charge in [-0.3, -0.25) is 4.79 Å². The number of amides is 1. The lowest BCUT2D eigenvalue weighted by Crippen LogP contribution is -2.48. The van der Waals surface area contributed by atoms with Gasteiger partial charge in [0.1, 0.15) is 5.82 Å². The van der Waals surface area contributed by atoms with Gasteiger partial charge in [0, 0.05) is 31.7 Å². The van der Waals surface area contributed by atoms with Crippen LogP contribution in [0, 0.1) is 11.8 Å². The van der Waals surface area contributed by atoms with E-state index in [1.54, 1.807) is 18.2 Å². The van der Waals surface area contributed by atoms with E-state index in [2.05, 4.69) is 16.9 Å². The number of sulfonamides is 1. The lowest BCUT2D eigenvalue weighted by molar-refractivity contribution is -0.138. The number of rotatable bonds is 4. The van der Waals surface area contributed by atoms with Crippen molar-refractivity contribution in [2.75, 3.05) is 26.2 Å². The molecule has 0 saturated carbocycles. The number of piperidine rings is 2. The zero-order chi connectivity index (χ0) is 23.0. The monoisotopic (exact) mass is 466 g/mol. The van der Waals surface area contributed by atoms with Gasteiger partial charge >= 0.3 is 0 Å². The summed E-state index contributed by atoms with van der Waals surface area (Å²) in [6.07, 6.45) is 3.49. The number of hydrogen-bond donors (Lipinski definition) is 1. The number of aromatic nitrogens is 2. The van der Waals surface area contributed by atoms with Crippen LogP contribution in [0.2, 0.25) is 0 Å². The molecule has 7 nitrogen and oxygen atoms in total. The third-order valence-electron chi connectivity index (χ3n) is 6.97. The molecule has 3 heterocycles. The smallest absolute Gasteiger partial charge is 0.243 e. The Balaban J connectivity index is 1.35. The maximum absolute atomic E-state index is 13.5. The Bertz CT molecular complexity index is 1250. The Labute approximate surface area is 194 Å². The summed E-state index contributed by atoms with van der Waals surface area (Å²) in [7, 11) is -3.70. The first-order valence-corrected chi connectivity index (χ1v) is 13.2. The molecular weight excluding hydrogens is 436 g/mol. The summed E-state index contributed by atoms with van der Waals surface area (Å²) in [5.74, 6) is 1.21. The van der Waals surface area contributed by atoms with Crippen LogP contribution in [-0.4, -0.2) is 59.7 Å². The van der Waals surface area contributed by atoms with E-state index in [1.165, 1.54) is 4.31 Å². The van der Waals surface area contributed by atoms with Crippen LogP contribution in [0.5, 0.6) is 0 Å². The van der Waals surface area contributed by atoms with Crippen molar-refractivity contribution < 1.29 is 13.2 Å². The number of hydrogen-bond acceptors (Lipinski definition) is 4. The van der Waals surface area contributed by atoms with E-state index in [4.69, 9.17) is 0 Å². The highest BCUT2D eigenvalue weighted by Crippen LogP contribution is 2.29. The third kappa shape index (κ3) is 4.42. The zero-order valence-corrected chi connectivity index (χ0v) is 19.7. The van der Waals surface area contributed by atoms with Crippen LogP contribution in [0.4, 0.5) is 0 Å². The molecule has 0 aliphatic carbocycles. The van der Waals surface area contributed by atoms with Crippen LogP contribution in [0.3, 0.4) is 0 Å². The molecule has 2 saturated heterocycles. The van der Waals surface area contributed by atoms with Gasteiger partial charge in [0.2, 0.25) is 15.9 Å². The average molecular weight is 467 g/mol. The molecule has 0 bridgehead atoms. The van der Waals surface area contributed by atoms with Crippen molar-refractivity contribution in [3.63, 3.8) is 0 Å². The van der Waals surface area contributed by atoms with Crippen LogP contribution in [0.1, 0.15) is 32.6 Å². The molecule has 174 valence electrons. The minimum Gasteiger partial charge on any atom is -0.342 e. The van der Waals surface area contributed by atoms with Gasteiger partial charge in [-0.15, -0.1) is 0 Å². The Kier molecular flexibility index (Phi) is 5.97. The Morgan fingerprint density at radius 2 is 1.79 bits per heavy atom. The largest absolute Gasteiger partial charge is 0.342 e. The number of imidazole rings is 1. The van der Waals surface area contributed by atoms with Gasteiger partial charge < -0.3 is 9.88 Å². The Morgan fingerprint density at radius 1 is 1.03 bits per heavy atom. The first kappa shape index (κ1) is 22.1. The molecule has 2 aromatic carbocycles. The van der Waals surface area contributed by atoms with E-state index in [0.29, 0.717) is 30.2 Å². The molecule has 2 fully saturated rings. The van der Waals surface area contributed by atoms with Gasteiger partial charge in [-0.1, -0.05) is 37.3 Å². The average Bonchev–Trinajstić information content (AvgIpc) is 3.28. The minimum absolute atomic E-state index is 0.110. The summed E-state index contributed by atoms with van der Waals surface area (Å²) in [5.41, 5.74) is 2.35. The van der Waals surface area contributed by atoms with Gasteiger partial charge in [-0.2, -0.15) is 4.31 Å². The van der Waals surface area contributed by atoms with Crippen LogP contribution in [0.25, 0.3) is 22.4 Å². The van der Waals surface area contributed by atoms with E-state index >= 15 is 0 Å². The summed E-state index contributed by atoms with van der Waals surface area (Å²) in [5, 5.41) is 0. The maximum atomic E-state index is 13.5. The molecule has 8 heteroatoms. The van der Waals surface area contributed by atoms with Gasteiger partial charge in [0.15, 0.2) is 0 Å². The fourth-order valence-corrected chi connectivity index (χ4v) is 6.43. The van der Waals surface area contributed by atoms with Crippen molar-refractivity contribution in [3.05, 3.63) is 48.5 Å². The van der Waals surface area contributed by atoms with Crippen LogP contribution >= 0.6 is 0 Å². The first-order chi connectivity index (χ1) is 15.9. The maximum Gasteiger partial charge on any atom is 0.243 e. The molecule has 1 N–H and O–H groups in total. The first-order valence-electron chi connectivity index (χ1n) is 11.8. The number of carbonyl (C=O) groups is 1. The quantitative estimate of drug-likeness (QED) is 0.632. The summed E-state index contributed by atoms with van der Waals surface area (Å²) >= 11 is 0. The highest BCUT2D eigenvalue weighted by atomic mass is 32.2. The molecule has 5 rings (SSSR count).